The Balaban J connectivity index is 1.82. The Bertz CT molecular complexity index is 1280. The number of aryl methyl sites for hydroxylation is 1. The largest absolute Gasteiger partial charge is 0.290 e. The van der Waals surface area contributed by atoms with Gasteiger partial charge in [0, 0.05) is 28.8 Å². The van der Waals surface area contributed by atoms with Gasteiger partial charge in [-0.2, -0.15) is 10.4 Å². The van der Waals surface area contributed by atoms with Crippen molar-refractivity contribution in [1.82, 2.24) is 9.78 Å². The molecule has 1 aliphatic rings. The summed E-state index contributed by atoms with van der Waals surface area (Å²) in [4.78, 5) is 13.8. The van der Waals surface area contributed by atoms with Gasteiger partial charge in [0.2, 0.25) is 20.9 Å². The van der Waals surface area contributed by atoms with Gasteiger partial charge in [-0.05, 0) is 30.3 Å². The SMILES string of the molecule is Cn1nc(C(=O)C(C#N)S(=O)(=O)c2ccccc2)c2c1-c1cc(F)ccc1SC2. The molecule has 0 aliphatic carbocycles. The Morgan fingerprint density at radius 1 is 1.28 bits per heavy atom. The van der Waals surface area contributed by atoms with E-state index in [9.17, 15) is 22.9 Å². The average molecular weight is 427 g/mol. The minimum atomic E-state index is -4.21. The molecule has 3 aromatic rings. The van der Waals surface area contributed by atoms with Gasteiger partial charge in [0.25, 0.3) is 0 Å². The van der Waals surface area contributed by atoms with Crippen LogP contribution in [0.3, 0.4) is 0 Å². The third-order valence-corrected chi connectivity index (χ3v) is 7.65. The van der Waals surface area contributed by atoms with Crippen LogP contribution in [0.2, 0.25) is 0 Å². The minimum Gasteiger partial charge on any atom is -0.290 e. The first kappa shape index (κ1) is 19.4. The zero-order valence-electron chi connectivity index (χ0n) is 15.2. The van der Waals surface area contributed by atoms with Crippen LogP contribution >= 0.6 is 11.8 Å². The first-order chi connectivity index (χ1) is 13.8. The zero-order valence-corrected chi connectivity index (χ0v) is 16.8. The van der Waals surface area contributed by atoms with Crippen LogP contribution in [0.4, 0.5) is 4.39 Å². The summed E-state index contributed by atoms with van der Waals surface area (Å²) in [5.74, 6) is -0.937. The summed E-state index contributed by atoms with van der Waals surface area (Å²) < 4.78 is 40.9. The van der Waals surface area contributed by atoms with E-state index in [0.717, 1.165) is 4.90 Å². The number of halogens is 1. The molecule has 1 aliphatic heterocycles. The molecule has 9 heteroatoms. The fourth-order valence-electron chi connectivity index (χ4n) is 3.34. The van der Waals surface area contributed by atoms with Crippen molar-refractivity contribution in [3.05, 3.63) is 65.6 Å². The molecule has 0 fully saturated rings. The van der Waals surface area contributed by atoms with Gasteiger partial charge in [0.1, 0.15) is 11.5 Å². The highest BCUT2D eigenvalue weighted by Gasteiger charge is 2.39. The topological polar surface area (TPSA) is 92.8 Å². The molecular formula is C20H14FN3O3S2. The lowest BCUT2D eigenvalue weighted by atomic mass is 10.0. The van der Waals surface area contributed by atoms with Crippen LogP contribution in [0.5, 0.6) is 0 Å². The summed E-state index contributed by atoms with van der Waals surface area (Å²) in [6.07, 6.45) is 0. The molecule has 0 bridgehead atoms. The maximum Gasteiger partial charge on any atom is 0.216 e. The van der Waals surface area contributed by atoms with Gasteiger partial charge >= 0.3 is 0 Å². The molecule has 0 radical (unpaired) electrons. The van der Waals surface area contributed by atoms with Crippen LogP contribution in [-0.2, 0) is 22.6 Å². The smallest absolute Gasteiger partial charge is 0.216 e. The number of benzene rings is 2. The summed E-state index contributed by atoms with van der Waals surface area (Å²) >= 11 is 1.40. The Hall–Kier alpha value is -2.96. The lowest BCUT2D eigenvalue weighted by molar-refractivity contribution is 0.0994. The van der Waals surface area contributed by atoms with E-state index < -0.39 is 26.7 Å². The molecule has 1 aromatic heterocycles. The van der Waals surface area contributed by atoms with E-state index in [-0.39, 0.29) is 10.6 Å². The van der Waals surface area contributed by atoms with E-state index >= 15 is 0 Å². The van der Waals surface area contributed by atoms with Crippen molar-refractivity contribution in [2.24, 2.45) is 7.05 Å². The number of aromatic nitrogens is 2. The molecule has 0 amide bonds. The van der Waals surface area contributed by atoms with Gasteiger partial charge in [-0.3, -0.25) is 9.48 Å². The molecule has 0 saturated heterocycles. The van der Waals surface area contributed by atoms with Crippen molar-refractivity contribution in [1.29, 1.82) is 5.26 Å². The molecule has 2 aromatic carbocycles. The number of ketones is 1. The van der Waals surface area contributed by atoms with Gasteiger partial charge in [-0.1, -0.05) is 18.2 Å². The van der Waals surface area contributed by atoms with Gasteiger partial charge in [-0.25, -0.2) is 12.8 Å². The van der Waals surface area contributed by atoms with Gasteiger partial charge in [0.15, 0.2) is 0 Å². The van der Waals surface area contributed by atoms with Crippen LogP contribution in [0.1, 0.15) is 16.1 Å². The fraction of sp³-hybridized carbons (Fsp3) is 0.150. The number of sulfone groups is 1. The average Bonchev–Trinajstić information content (AvgIpc) is 3.06. The second kappa shape index (κ2) is 7.13. The van der Waals surface area contributed by atoms with E-state index in [1.807, 2.05) is 0 Å². The van der Waals surface area contributed by atoms with E-state index in [4.69, 9.17) is 0 Å². The lowest BCUT2D eigenvalue weighted by Gasteiger charge is -2.17. The Kier molecular flexibility index (Phi) is 4.76. The molecule has 1 unspecified atom stereocenters. The maximum absolute atomic E-state index is 13.8. The molecule has 146 valence electrons. The van der Waals surface area contributed by atoms with E-state index in [1.54, 1.807) is 25.2 Å². The van der Waals surface area contributed by atoms with Crippen molar-refractivity contribution in [2.75, 3.05) is 0 Å². The van der Waals surface area contributed by atoms with Crippen molar-refractivity contribution >= 4 is 27.4 Å². The van der Waals surface area contributed by atoms with Crippen LogP contribution in [0.25, 0.3) is 11.3 Å². The molecule has 1 atom stereocenters. The molecular weight excluding hydrogens is 413 g/mol. The highest BCUT2D eigenvalue weighted by Crippen LogP contribution is 2.43. The maximum atomic E-state index is 13.8. The third kappa shape index (κ3) is 3.14. The first-order valence-corrected chi connectivity index (χ1v) is 11.1. The fourth-order valence-corrected chi connectivity index (χ4v) is 5.73. The predicted molar refractivity (Wildman–Crippen MR) is 106 cm³/mol. The van der Waals surface area contributed by atoms with Crippen molar-refractivity contribution in [3.63, 3.8) is 0 Å². The number of hydrogen-bond acceptors (Lipinski definition) is 6. The lowest BCUT2D eigenvalue weighted by Crippen LogP contribution is -2.30. The van der Waals surface area contributed by atoms with Gasteiger partial charge in [0.05, 0.1) is 16.7 Å². The monoisotopic (exact) mass is 427 g/mol. The van der Waals surface area contributed by atoms with Gasteiger partial charge < -0.3 is 0 Å². The number of carbonyl (C=O) groups is 1. The number of fused-ring (bicyclic) bond motifs is 3. The Morgan fingerprint density at radius 3 is 2.69 bits per heavy atom. The second-order valence-corrected chi connectivity index (χ2v) is 9.51. The Labute approximate surface area is 170 Å². The number of nitrogens with zero attached hydrogens (tertiary/aromatic N) is 3. The number of nitriles is 1. The van der Waals surface area contributed by atoms with Crippen LogP contribution < -0.4 is 0 Å². The quantitative estimate of drug-likeness (QED) is 0.593. The molecule has 0 spiro atoms. The van der Waals surface area contributed by atoms with Crippen molar-refractivity contribution < 1.29 is 17.6 Å². The molecule has 0 saturated carbocycles. The van der Waals surface area contributed by atoms with Gasteiger partial charge in [-0.15, -0.1) is 11.8 Å². The molecule has 0 N–H and O–H groups in total. The summed E-state index contributed by atoms with van der Waals surface area (Å²) in [5, 5.41) is 11.8. The standard InChI is InChI=1S/C20H14FN3O3S2/c1-24-19-14-9-12(21)7-8-16(14)28-11-15(19)18(23-24)20(25)17(10-22)29(26,27)13-5-3-2-4-6-13/h2-9,17H,11H2,1H3. The van der Waals surface area contributed by atoms with Crippen molar-refractivity contribution in [3.8, 4) is 17.3 Å². The predicted octanol–water partition coefficient (Wildman–Crippen LogP) is 3.38. The second-order valence-electron chi connectivity index (χ2n) is 6.46. The molecule has 2 heterocycles. The highest BCUT2D eigenvalue weighted by molar-refractivity contribution is 7.98. The third-order valence-electron chi connectivity index (χ3n) is 4.68. The highest BCUT2D eigenvalue weighted by atomic mass is 32.2. The van der Waals surface area contributed by atoms with Crippen LogP contribution in [-0.4, -0.2) is 29.2 Å². The first-order valence-electron chi connectivity index (χ1n) is 8.56. The zero-order chi connectivity index (χ0) is 20.8. The number of thioether (sulfide) groups is 1. The number of carbonyl (C=O) groups excluding carboxylic acids is 1. The van der Waals surface area contributed by atoms with Crippen LogP contribution in [0.15, 0.2) is 58.3 Å². The summed E-state index contributed by atoms with van der Waals surface area (Å²) in [5.41, 5.74) is 1.57. The molecule has 29 heavy (non-hydrogen) atoms. The van der Waals surface area contributed by atoms with Crippen LogP contribution in [0, 0.1) is 17.1 Å². The molecule has 4 rings (SSSR count). The normalized spacial score (nSPS) is 13.8. The number of Topliss-reactive ketones (excluding diaryl/α,β-unsaturated/α-hetero) is 1. The summed E-state index contributed by atoms with van der Waals surface area (Å²) in [7, 11) is -2.61. The van der Waals surface area contributed by atoms with E-state index in [2.05, 4.69) is 5.10 Å². The van der Waals surface area contributed by atoms with E-state index in [0.29, 0.717) is 22.6 Å². The number of rotatable bonds is 4. The van der Waals surface area contributed by atoms with Crippen molar-refractivity contribution in [2.45, 2.75) is 20.8 Å². The summed E-state index contributed by atoms with van der Waals surface area (Å²) in [6, 6.07) is 13.4. The Morgan fingerprint density at radius 2 is 2.00 bits per heavy atom. The molecule has 6 nitrogen and oxygen atoms in total. The number of hydrogen-bond donors (Lipinski definition) is 0. The minimum absolute atomic E-state index is 0.0732. The van der Waals surface area contributed by atoms with E-state index in [1.165, 1.54) is 52.8 Å². The summed E-state index contributed by atoms with van der Waals surface area (Å²) in [6.45, 7) is 0.